The van der Waals surface area contributed by atoms with Crippen LogP contribution in [0.2, 0.25) is 0 Å². The zero-order valence-corrected chi connectivity index (χ0v) is 12.7. The number of rotatable bonds is 5. The van der Waals surface area contributed by atoms with Crippen molar-refractivity contribution in [1.29, 1.82) is 0 Å². The lowest BCUT2D eigenvalue weighted by Gasteiger charge is -2.32. The summed E-state index contributed by atoms with van der Waals surface area (Å²) in [7, 11) is 1.70. The van der Waals surface area contributed by atoms with Gasteiger partial charge >= 0.3 is 0 Å². The fraction of sp³-hybridized carbons (Fsp3) is 0.588. The summed E-state index contributed by atoms with van der Waals surface area (Å²) in [4.78, 5) is 14.2. The standard InChI is InChI=1S/C17H24N2O2/c1-21-16-4-2-3-13(11-16)12-19-9-7-15(8-10-19)18-17(20)14-5-6-14/h2-4,11,14-15H,5-10,12H2,1H3,(H,18,20). The first-order valence-corrected chi connectivity index (χ1v) is 7.90. The Hall–Kier alpha value is -1.55. The van der Waals surface area contributed by atoms with Crippen molar-refractivity contribution in [2.75, 3.05) is 20.2 Å². The number of amides is 1. The Morgan fingerprint density at radius 3 is 2.71 bits per heavy atom. The highest BCUT2D eigenvalue weighted by atomic mass is 16.5. The molecule has 0 atom stereocenters. The Labute approximate surface area is 126 Å². The fourth-order valence-electron chi connectivity index (χ4n) is 2.93. The third kappa shape index (κ3) is 3.97. The highest BCUT2D eigenvalue weighted by Crippen LogP contribution is 2.29. The molecule has 1 N–H and O–H groups in total. The first-order valence-electron chi connectivity index (χ1n) is 7.90. The van der Waals surface area contributed by atoms with E-state index < -0.39 is 0 Å². The van der Waals surface area contributed by atoms with E-state index in [9.17, 15) is 4.79 Å². The maximum atomic E-state index is 11.8. The van der Waals surface area contributed by atoms with Gasteiger partial charge in [0.2, 0.25) is 5.91 Å². The van der Waals surface area contributed by atoms with Crippen LogP contribution in [0.5, 0.6) is 5.75 Å². The van der Waals surface area contributed by atoms with E-state index in [1.807, 2.05) is 12.1 Å². The second-order valence-corrected chi connectivity index (χ2v) is 6.18. The van der Waals surface area contributed by atoms with E-state index >= 15 is 0 Å². The Kier molecular flexibility index (Phi) is 4.44. The minimum absolute atomic E-state index is 0.279. The third-order valence-electron chi connectivity index (χ3n) is 4.42. The number of nitrogens with zero attached hydrogens (tertiary/aromatic N) is 1. The number of carbonyl (C=O) groups is 1. The van der Waals surface area contributed by atoms with E-state index in [0.717, 1.165) is 51.1 Å². The van der Waals surface area contributed by atoms with Gasteiger partial charge in [-0.2, -0.15) is 0 Å². The number of hydrogen-bond acceptors (Lipinski definition) is 3. The van der Waals surface area contributed by atoms with E-state index in [4.69, 9.17) is 4.74 Å². The van der Waals surface area contributed by atoms with Crippen molar-refractivity contribution >= 4 is 5.91 Å². The van der Waals surface area contributed by atoms with Gasteiger partial charge in [0.25, 0.3) is 0 Å². The molecule has 3 rings (SSSR count). The van der Waals surface area contributed by atoms with Gasteiger partial charge in [0.05, 0.1) is 7.11 Å². The molecule has 1 aromatic carbocycles. The number of nitrogens with one attached hydrogen (secondary N) is 1. The average molecular weight is 288 g/mol. The Balaban J connectivity index is 1.45. The predicted octanol–water partition coefficient (Wildman–Crippen LogP) is 2.19. The smallest absolute Gasteiger partial charge is 0.223 e. The van der Waals surface area contributed by atoms with Crippen LogP contribution in [0.3, 0.4) is 0 Å². The number of likely N-dealkylation sites (tertiary alicyclic amines) is 1. The first-order chi connectivity index (χ1) is 10.2. The van der Waals surface area contributed by atoms with E-state index in [1.54, 1.807) is 7.11 Å². The molecule has 4 heteroatoms. The molecule has 2 aliphatic rings. The zero-order chi connectivity index (χ0) is 14.7. The van der Waals surface area contributed by atoms with Crippen LogP contribution in [0.1, 0.15) is 31.2 Å². The molecule has 1 aliphatic heterocycles. The quantitative estimate of drug-likeness (QED) is 0.903. The van der Waals surface area contributed by atoms with Crippen LogP contribution < -0.4 is 10.1 Å². The SMILES string of the molecule is COc1cccc(CN2CCC(NC(=O)C3CC3)CC2)c1. The summed E-state index contributed by atoms with van der Waals surface area (Å²) >= 11 is 0. The molecule has 2 fully saturated rings. The third-order valence-corrected chi connectivity index (χ3v) is 4.42. The molecule has 0 radical (unpaired) electrons. The lowest BCUT2D eigenvalue weighted by Crippen LogP contribution is -2.44. The molecular weight excluding hydrogens is 264 g/mol. The number of methoxy groups -OCH3 is 1. The monoisotopic (exact) mass is 288 g/mol. The van der Waals surface area contributed by atoms with Crippen molar-refractivity contribution in [3.05, 3.63) is 29.8 Å². The maximum absolute atomic E-state index is 11.8. The minimum atomic E-state index is 0.279. The van der Waals surface area contributed by atoms with Crippen LogP contribution in [0, 0.1) is 5.92 Å². The summed E-state index contributed by atoms with van der Waals surface area (Å²) in [6.07, 6.45) is 4.28. The fourth-order valence-corrected chi connectivity index (χ4v) is 2.93. The zero-order valence-electron chi connectivity index (χ0n) is 12.7. The normalized spacial score (nSPS) is 20.2. The van der Waals surface area contributed by atoms with Crippen LogP contribution in [0.25, 0.3) is 0 Å². The Morgan fingerprint density at radius 1 is 1.29 bits per heavy atom. The summed E-state index contributed by atoms with van der Waals surface area (Å²) in [6.45, 7) is 3.06. The molecule has 4 nitrogen and oxygen atoms in total. The number of ether oxygens (including phenoxy) is 1. The van der Waals surface area contributed by atoms with Crippen molar-refractivity contribution in [2.45, 2.75) is 38.3 Å². The molecule has 1 aromatic rings. The molecule has 0 unspecified atom stereocenters. The molecule has 0 spiro atoms. The van der Waals surface area contributed by atoms with E-state index in [2.05, 4.69) is 22.3 Å². The van der Waals surface area contributed by atoms with Crippen molar-refractivity contribution in [3.63, 3.8) is 0 Å². The van der Waals surface area contributed by atoms with Crippen molar-refractivity contribution in [1.82, 2.24) is 10.2 Å². The van der Waals surface area contributed by atoms with Gasteiger partial charge < -0.3 is 10.1 Å². The largest absolute Gasteiger partial charge is 0.497 e. The molecule has 0 bridgehead atoms. The van der Waals surface area contributed by atoms with Crippen LogP contribution in [-0.4, -0.2) is 37.0 Å². The van der Waals surface area contributed by atoms with Gasteiger partial charge in [-0.15, -0.1) is 0 Å². The molecule has 21 heavy (non-hydrogen) atoms. The number of carbonyl (C=O) groups excluding carboxylic acids is 1. The maximum Gasteiger partial charge on any atom is 0.223 e. The number of hydrogen-bond donors (Lipinski definition) is 1. The number of piperidine rings is 1. The van der Waals surface area contributed by atoms with Gasteiger partial charge in [0.1, 0.15) is 5.75 Å². The first kappa shape index (κ1) is 14.4. The summed E-state index contributed by atoms with van der Waals surface area (Å²) in [5, 5.41) is 3.20. The number of benzene rings is 1. The average Bonchev–Trinajstić information content (AvgIpc) is 3.34. The van der Waals surface area contributed by atoms with Gasteiger partial charge in [-0.3, -0.25) is 9.69 Å². The molecule has 1 amide bonds. The molecule has 1 saturated heterocycles. The molecule has 1 aliphatic carbocycles. The lowest BCUT2D eigenvalue weighted by atomic mass is 10.0. The molecule has 114 valence electrons. The van der Waals surface area contributed by atoms with Gasteiger partial charge in [-0.1, -0.05) is 12.1 Å². The second-order valence-electron chi connectivity index (χ2n) is 6.18. The molecule has 0 aromatic heterocycles. The van der Waals surface area contributed by atoms with Crippen molar-refractivity contribution in [3.8, 4) is 5.75 Å². The van der Waals surface area contributed by atoms with E-state index in [-0.39, 0.29) is 5.91 Å². The second kappa shape index (κ2) is 6.48. The summed E-state index contributed by atoms with van der Waals surface area (Å²) in [5.41, 5.74) is 1.29. The summed E-state index contributed by atoms with van der Waals surface area (Å²) < 4.78 is 5.27. The van der Waals surface area contributed by atoms with Crippen LogP contribution >= 0.6 is 0 Å². The highest BCUT2D eigenvalue weighted by Gasteiger charge is 2.31. The summed E-state index contributed by atoms with van der Waals surface area (Å²) in [5.74, 6) is 1.51. The van der Waals surface area contributed by atoms with Gasteiger partial charge in [-0.05, 0) is 43.4 Å². The summed E-state index contributed by atoms with van der Waals surface area (Å²) in [6, 6.07) is 8.63. The van der Waals surface area contributed by atoms with E-state index in [1.165, 1.54) is 5.56 Å². The predicted molar refractivity (Wildman–Crippen MR) is 82.2 cm³/mol. The van der Waals surface area contributed by atoms with Crippen LogP contribution in [0.4, 0.5) is 0 Å². The Morgan fingerprint density at radius 2 is 2.05 bits per heavy atom. The molecular formula is C17H24N2O2. The molecule has 1 heterocycles. The van der Waals surface area contributed by atoms with Crippen LogP contribution in [-0.2, 0) is 11.3 Å². The minimum Gasteiger partial charge on any atom is -0.497 e. The van der Waals surface area contributed by atoms with Crippen molar-refractivity contribution in [2.24, 2.45) is 5.92 Å². The van der Waals surface area contributed by atoms with Crippen LogP contribution in [0.15, 0.2) is 24.3 Å². The van der Waals surface area contributed by atoms with Gasteiger partial charge in [-0.25, -0.2) is 0 Å². The van der Waals surface area contributed by atoms with E-state index in [0.29, 0.717) is 12.0 Å². The van der Waals surface area contributed by atoms with Gasteiger partial charge in [0, 0.05) is 31.6 Å². The molecule has 1 saturated carbocycles. The van der Waals surface area contributed by atoms with Crippen molar-refractivity contribution < 1.29 is 9.53 Å². The topological polar surface area (TPSA) is 41.6 Å². The lowest BCUT2D eigenvalue weighted by molar-refractivity contribution is -0.123. The highest BCUT2D eigenvalue weighted by molar-refractivity contribution is 5.81. The van der Waals surface area contributed by atoms with Gasteiger partial charge in [0.15, 0.2) is 0 Å². The Bertz CT molecular complexity index is 491.